The van der Waals surface area contributed by atoms with Crippen molar-refractivity contribution >= 4 is 17.6 Å². The molecule has 20 heavy (non-hydrogen) atoms. The predicted molar refractivity (Wildman–Crippen MR) is 78.4 cm³/mol. The highest BCUT2D eigenvalue weighted by atomic mass is 35.5. The minimum absolute atomic E-state index is 0.301. The molecule has 1 aromatic heterocycles. The summed E-state index contributed by atoms with van der Waals surface area (Å²) in [5, 5.41) is 0.760. The molecule has 1 atom stereocenters. The van der Waals surface area contributed by atoms with Crippen molar-refractivity contribution in [3.63, 3.8) is 0 Å². The van der Waals surface area contributed by atoms with Gasteiger partial charge in [0.05, 0.1) is 7.11 Å². The van der Waals surface area contributed by atoms with Gasteiger partial charge < -0.3 is 9.72 Å². The summed E-state index contributed by atoms with van der Waals surface area (Å²) in [6, 6.07) is 9.91. The van der Waals surface area contributed by atoms with Crippen LogP contribution in [0.3, 0.4) is 0 Å². The molecule has 0 radical (unpaired) electrons. The Balaban J connectivity index is 1.80. The molecule has 0 saturated heterocycles. The number of esters is 1. The summed E-state index contributed by atoms with van der Waals surface area (Å²) in [4.78, 5) is 14.7. The molecule has 0 aliphatic heterocycles. The van der Waals surface area contributed by atoms with Crippen LogP contribution in [0.1, 0.15) is 39.6 Å². The van der Waals surface area contributed by atoms with Gasteiger partial charge in [0, 0.05) is 10.7 Å². The first-order chi connectivity index (χ1) is 9.67. The summed E-state index contributed by atoms with van der Waals surface area (Å²) in [6.07, 6.45) is 3.08. The van der Waals surface area contributed by atoms with E-state index in [0.29, 0.717) is 11.6 Å². The number of fused-ring (bicyclic) bond motifs is 1. The average Bonchev–Trinajstić information content (AvgIpc) is 3.02. The third kappa shape index (κ3) is 2.46. The Bertz CT molecular complexity index is 630. The van der Waals surface area contributed by atoms with Crippen LogP contribution in [-0.4, -0.2) is 18.1 Å². The molecule has 1 N–H and O–H groups in total. The van der Waals surface area contributed by atoms with E-state index in [1.165, 1.54) is 23.9 Å². The second-order valence-electron chi connectivity index (χ2n) is 5.17. The van der Waals surface area contributed by atoms with Gasteiger partial charge in [-0.1, -0.05) is 23.7 Å². The van der Waals surface area contributed by atoms with E-state index in [0.717, 1.165) is 24.3 Å². The van der Waals surface area contributed by atoms with Gasteiger partial charge in [0.15, 0.2) is 0 Å². The Morgan fingerprint density at radius 2 is 2.15 bits per heavy atom. The highest BCUT2D eigenvalue weighted by molar-refractivity contribution is 6.30. The normalized spacial score (nSPS) is 17.0. The molecule has 4 heteroatoms. The molecule has 0 spiro atoms. The third-order valence-corrected chi connectivity index (χ3v) is 4.17. The topological polar surface area (TPSA) is 42.1 Å². The Labute approximate surface area is 122 Å². The number of carbonyl (C=O) groups excluding carboxylic acids is 1. The van der Waals surface area contributed by atoms with Crippen molar-refractivity contribution in [2.24, 2.45) is 0 Å². The summed E-state index contributed by atoms with van der Waals surface area (Å²) < 4.78 is 4.76. The number of halogens is 1. The molecule has 0 bridgehead atoms. The molecule has 1 heterocycles. The first-order valence-electron chi connectivity index (χ1n) is 6.72. The van der Waals surface area contributed by atoms with Crippen LogP contribution in [0.25, 0.3) is 0 Å². The van der Waals surface area contributed by atoms with Crippen molar-refractivity contribution < 1.29 is 9.53 Å². The van der Waals surface area contributed by atoms with E-state index in [1.54, 1.807) is 0 Å². The fraction of sp³-hybridized carbons (Fsp3) is 0.312. The van der Waals surface area contributed by atoms with Gasteiger partial charge in [-0.15, -0.1) is 0 Å². The molecular weight excluding hydrogens is 274 g/mol. The molecule has 0 amide bonds. The second kappa shape index (κ2) is 5.33. The number of benzene rings is 1. The molecule has 0 saturated carbocycles. The van der Waals surface area contributed by atoms with Gasteiger partial charge in [-0.2, -0.15) is 0 Å². The molecule has 104 valence electrons. The van der Waals surface area contributed by atoms with Crippen molar-refractivity contribution in [1.82, 2.24) is 4.98 Å². The van der Waals surface area contributed by atoms with Crippen LogP contribution >= 0.6 is 11.6 Å². The monoisotopic (exact) mass is 289 g/mol. The Kier molecular flexibility index (Phi) is 3.53. The molecule has 1 aliphatic rings. The van der Waals surface area contributed by atoms with Gasteiger partial charge in [-0.25, -0.2) is 4.79 Å². The first kappa shape index (κ1) is 13.3. The molecule has 3 rings (SSSR count). The lowest BCUT2D eigenvalue weighted by atomic mass is 9.95. The third-order valence-electron chi connectivity index (χ3n) is 3.92. The zero-order valence-corrected chi connectivity index (χ0v) is 12.0. The number of nitrogens with one attached hydrogen (secondary N) is 1. The van der Waals surface area contributed by atoms with Gasteiger partial charge in [0.1, 0.15) is 5.69 Å². The van der Waals surface area contributed by atoms with Crippen molar-refractivity contribution in [3.05, 3.63) is 57.9 Å². The molecule has 1 aromatic carbocycles. The highest BCUT2D eigenvalue weighted by Gasteiger charge is 2.26. The fourth-order valence-corrected chi connectivity index (χ4v) is 3.02. The number of rotatable bonds is 3. The van der Waals surface area contributed by atoms with Crippen molar-refractivity contribution in [2.75, 3.05) is 7.11 Å². The zero-order valence-electron chi connectivity index (χ0n) is 11.3. The maximum atomic E-state index is 11.6. The predicted octanol–water partition coefficient (Wildman–Crippen LogP) is 3.73. The minimum Gasteiger partial charge on any atom is -0.464 e. The summed E-state index contributed by atoms with van der Waals surface area (Å²) in [5.41, 5.74) is 4.25. The number of hydrogen-bond donors (Lipinski definition) is 1. The smallest absolute Gasteiger partial charge is 0.354 e. The van der Waals surface area contributed by atoms with Crippen molar-refractivity contribution in [2.45, 2.75) is 25.2 Å². The Morgan fingerprint density at radius 1 is 1.40 bits per heavy atom. The summed E-state index contributed by atoms with van der Waals surface area (Å²) in [5.74, 6) is 0.158. The minimum atomic E-state index is -0.301. The fourth-order valence-electron chi connectivity index (χ4n) is 2.90. The maximum Gasteiger partial charge on any atom is 0.354 e. The lowest BCUT2D eigenvalue weighted by Gasteiger charge is -2.10. The lowest BCUT2D eigenvalue weighted by Crippen LogP contribution is -2.02. The van der Waals surface area contributed by atoms with E-state index in [1.807, 2.05) is 18.2 Å². The maximum absolute atomic E-state index is 11.6. The number of carbonyl (C=O) groups is 1. The zero-order chi connectivity index (χ0) is 14.1. The van der Waals surface area contributed by atoms with Gasteiger partial charge in [-0.05, 0) is 54.5 Å². The van der Waals surface area contributed by atoms with Gasteiger partial charge in [-0.3, -0.25) is 0 Å². The van der Waals surface area contributed by atoms with Crippen LogP contribution in [0.5, 0.6) is 0 Å². The molecule has 0 unspecified atom stereocenters. The number of aromatic amines is 1. The van der Waals surface area contributed by atoms with E-state index >= 15 is 0 Å². The van der Waals surface area contributed by atoms with E-state index in [-0.39, 0.29) is 5.97 Å². The van der Waals surface area contributed by atoms with Crippen LogP contribution < -0.4 is 0 Å². The number of H-pyrrole nitrogens is 1. The van der Waals surface area contributed by atoms with Crippen LogP contribution in [0.2, 0.25) is 5.02 Å². The van der Waals surface area contributed by atoms with E-state index in [2.05, 4.69) is 17.1 Å². The molecule has 0 fully saturated rings. The van der Waals surface area contributed by atoms with Gasteiger partial charge in [0.25, 0.3) is 0 Å². The highest BCUT2D eigenvalue weighted by Crippen LogP contribution is 2.36. The van der Waals surface area contributed by atoms with E-state index in [9.17, 15) is 4.79 Å². The molecule has 2 aromatic rings. The first-order valence-corrected chi connectivity index (χ1v) is 7.09. The summed E-state index contributed by atoms with van der Waals surface area (Å²) in [7, 11) is 1.40. The SMILES string of the molecule is COC(=O)c1cc2c([nH]1)CC[C@@H]2Cc1ccc(Cl)cc1. The number of aryl methyl sites for hydroxylation is 1. The standard InChI is InChI=1S/C16H16ClNO2/c1-20-16(19)15-9-13-11(4-7-14(13)18-15)8-10-2-5-12(17)6-3-10/h2-3,5-6,9,11,18H,4,7-8H2,1H3/t11-/m1/s1. The van der Waals surface area contributed by atoms with E-state index in [4.69, 9.17) is 16.3 Å². The lowest BCUT2D eigenvalue weighted by molar-refractivity contribution is 0.0594. The van der Waals surface area contributed by atoms with Crippen LogP contribution in [0.4, 0.5) is 0 Å². The largest absolute Gasteiger partial charge is 0.464 e. The summed E-state index contributed by atoms with van der Waals surface area (Å²) in [6.45, 7) is 0. The molecule has 3 nitrogen and oxygen atoms in total. The number of hydrogen-bond acceptors (Lipinski definition) is 2. The summed E-state index contributed by atoms with van der Waals surface area (Å²) >= 11 is 5.91. The Morgan fingerprint density at radius 3 is 2.85 bits per heavy atom. The van der Waals surface area contributed by atoms with Gasteiger partial charge in [0.2, 0.25) is 0 Å². The second-order valence-corrected chi connectivity index (χ2v) is 5.61. The van der Waals surface area contributed by atoms with E-state index < -0.39 is 0 Å². The van der Waals surface area contributed by atoms with Crippen LogP contribution in [-0.2, 0) is 17.6 Å². The number of ether oxygens (including phenoxy) is 1. The van der Waals surface area contributed by atoms with Crippen LogP contribution in [0, 0.1) is 0 Å². The average molecular weight is 290 g/mol. The quantitative estimate of drug-likeness (QED) is 0.875. The number of methoxy groups -OCH3 is 1. The molecule has 1 aliphatic carbocycles. The van der Waals surface area contributed by atoms with Crippen molar-refractivity contribution in [1.29, 1.82) is 0 Å². The molecular formula is C16H16ClNO2. The van der Waals surface area contributed by atoms with Crippen molar-refractivity contribution in [3.8, 4) is 0 Å². The number of aromatic nitrogens is 1. The van der Waals surface area contributed by atoms with Gasteiger partial charge >= 0.3 is 5.97 Å². The Hall–Kier alpha value is -1.74. The van der Waals surface area contributed by atoms with Crippen LogP contribution in [0.15, 0.2) is 30.3 Å².